The van der Waals surface area contributed by atoms with Gasteiger partial charge in [0.05, 0.1) is 11.5 Å². The van der Waals surface area contributed by atoms with Crippen molar-refractivity contribution in [2.45, 2.75) is 50.7 Å². The van der Waals surface area contributed by atoms with Gasteiger partial charge in [-0.15, -0.1) is 11.3 Å². The molecule has 2 bridgehead atoms. The monoisotopic (exact) mass is 352 g/mol. The number of aliphatic hydroxyl groups is 1. The van der Waals surface area contributed by atoms with Crippen LogP contribution in [0.1, 0.15) is 42.3 Å². The molecule has 132 valence electrons. The Balaban J connectivity index is 1.42. The van der Waals surface area contributed by atoms with Crippen LogP contribution in [0.25, 0.3) is 0 Å². The Morgan fingerprint density at radius 1 is 1.38 bits per heavy atom. The van der Waals surface area contributed by atoms with Gasteiger partial charge in [-0.3, -0.25) is 4.79 Å². The van der Waals surface area contributed by atoms with Gasteiger partial charge in [0.15, 0.2) is 12.1 Å². The van der Waals surface area contributed by atoms with E-state index in [-0.39, 0.29) is 12.0 Å². The molecule has 3 N–H and O–H groups in total. The standard InChI is InChI=1S/C17H25N3O3S/c1-2-23-17(22)20-13-5-6-14(20)11-12(10-13)18-7-8-19-16(21)15-4-3-9-24-15/h3-4,9,12-14,18H,2,5-8,10-11H2,1H3,(H,19,21)/p+1. The Kier molecular flexibility index (Phi) is 5.73. The average Bonchev–Trinajstić information content (AvgIpc) is 3.19. The maximum atomic E-state index is 11.9. The first-order valence-corrected chi connectivity index (χ1v) is 9.59. The van der Waals surface area contributed by atoms with Crippen LogP contribution in [0.3, 0.4) is 0 Å². The number of ether oxygens (including phenoxy) is 1. The number of rotatable bonds is 6. The molecule has 0 spiro atoms. The van der Waals surface area contributed by atoms with Crippen molar-refractivity contribution in [2.24, 2.45) is 0 Å². The molecule has 0 radical (unpaired) electrons. The number of hydrogen-bond acceptors (Lipinski definition) is 4. The molecule has 1 aromatic heterocycles. The Hall–Kier alpha value is -1.60. The van der Waals surface area contributed by atoms with Gasteiger partial charge in [-0.05, 0) is 18.4 Å². The molecule has 6 nitrogen and oxygen atoms in total. The van der Waals surface area contributed by atoms with Gasteiger partial charge in [0.1, 0.15) is 0 Å². The van der Waals surface area contributed by atoms with Crippen molar-refractivity contribution in [3.8, 4) is 0 Å². The van der Waals surface area contributed by atoms with Crippen molar-refractivity contribution in [1.29, 1.82) is 0 Å². The molecule has 2 unspecified atom stereocenters. The molecule has 0 aliphatic carbocycles. The fourth-order valence-electron chi connectivity index (χ4n) is 3.81. The van der Waals surface area contributed by atoms with Gasteiger partial charge in [0.25, 0.3) is 5.91 Å². The minimum Gasteiger partial charge on any atom is -0.430 e. The van der Waals surface area contributed by atoms with E-state index in [1.54, 1.807) is 0 Å². The Morgan fingerprint density at radius 2 is 2.12 bits per heavy atom. The molecule has 0 aromatic carbocycles. The van der Waals surface area contributed by atoms with Gasteiger partial charge >= 0.3 is 6.08 Å². The van der Waals surface area contributed by atoms with Crippen LogP contribution < -0.4 is 10.6 Å². The number of thiophene rings is 1. The zero-order chi connectivity index (χ0) is 16.9. The van der Waals surface area contributed by atoms with E-state index >= 15 is 0 Å². The highest BCUT2D eigenvalue weighted by Gasteiger charge is 2.47. The summed E-state index contributed by atoms with van der Waals surface area (Å²) in [6.07, 6.45) is 4.31. The highest BCUT2D eigenvalue weighted by Crippen LogP contribution is 2.32. The summed E-state index contributed by atoms with van der Waals surface area (Å²) in [5, 5.41) is 18.5. The minimum atomic E-state index is -0.00192. The molecule has 1 amide bonds. The zero-order valence-corrected chi connectivity index (χ0v) is 14.8. The van der Waals surface area contributed by atoms with E-state index in [1.807, 2.05) is 24.4 Å². The fourth-order valence-corrected chi connectivity index (χ4v) is 4.45. The zero-order valence-electron chi connectivity index (χ0n) is 14.0. The van der Waals surface area contributed by atoms with E-state index in [0.29, 0.717) is 31.3 Å². The molecule has 0 saturated carbocycles. The molecule has 2 fully saturated rings. The average molecular weight is 352 g/mol. The van der Waals surface area contributed by atoms with Crippen molar-refractivity contribution >= 4 is 23.3 Å². The number of piperidine rings is 1. The molecule has 2 saturated heterocycles. The second-order valence-corrected chi connectivity index (χ2v) is 7.31. The van der Waals surface area contributed by atoms with Crippen LogP contribution in [0.15, 0.2) is 17.5 Å². The first kappa shape index (κ1) is 17.2. The number of carbonyl (C=O) groups excluding carboxylic acids is 1. The third-order valence-corrected chi connectivity index (χ3v) is 5.68. The lowest BCUT2D eigenvalue weighted by Gasteiger charge is -2.27. The van der Waals surface area contributed by atoms with Crippen molar-refractivity contribution in [3.63, 3.8) is 0 Å². The number of nitrogens with one attached hydrogen (secondary N) is 2. The smallest absolute Gasteiger partial charge is 0.430 e. The predicted molar refractivity (Wildman–Crippen MR) is 94.0 cm³/mol. The molecule has 2 aliphatic heterocycles. The van der Waals surface area contributed by atoms with E-state index in [9.17, 15) is 9.90 Å². The van der Waals surface area contributed by atoms with Gasteiger partial charge in [-0.1, -0.05) is 6.07 Å². The number of nitrogens with zero attached hydrogens (tertiary/aromatic N) is 1. The number of aliphatic hydroxyl groups excluding tert-OH is 1. The topological polar surface area (TPSA) is 73.6 Å². The Morgan fingerprint density at radius 3 is 2.75 bits per heavy atom. The van der Waals surface area contributed by atoms with Crippen LogP contribution in [-0.4, -0.2) is 59.5 Å². The largest absolute Gasteiger partial charge is 0.547 e. The molecule has 1 aromatic rings. The Labute approximate surface area is 146 Å². The van der Waals surface area contributed by atoms with Crippen LogP contribution in [0.4, 0.5) is 0 Å². The van der Waals surface area contributed by atoms with E-state index in [1.165, 1.54) is 11.3 Å². The minimum absolute atomic E-state index is 0.00192. The molecular weight excluding hydrogens is 326 g/mol. The first-order valence-electron chi connectivity index (χ1n) is 8.71. The highest BCUT2D eigenvalue weighted by atomic mass is 32.1. The maximum absolute atomic E-state index is 11.9. The molecule has 2 atom stereocenters. The maximum Gasteiger partial charge on any atom is 0.547 e. The number of carbonyl (C=O) groups is 1. The summed E-state index contributed by atoms with van der Waals surface area (Å²) in [5.74, 6) is -0.00192. The van der Waals surface area contributed by atoms with E-state index in [4.69, 9.17) is 4.74 Å². The fraction of sp³-hybridized carbons (Fsp3) is 0.647. The second kappa shape index (κ2) is 7.98. The normalized spacial score (nSPS) is 25.5. The SMILES string of the molecule is CCOC(O)=[N+]1C2CCC1CC(NCCNC(=O)c1cccs1)C2. The summed E-state index contributed by atoms with van der Waals surface area (Å²) >= 11 is 1.46. The van der Waals surface area contributed by atoms with Gasteiger partial charge in [-0.25, -0.2) is 0 Å². The third-order valence-electron chi connectivity index (χ3n) is 4.82. The summed E-state index contributed by atoms with van der Waals surface area (Å²) in [6.45, 7) is 3.77. The molecule has 3 rings (SSSR count). The summed E-state index contributed by atoms with van der Waals surface area (Å²) in [6, 6.07) is 4.87. The van der Waals surface area contributed by atoms with Gasteiger partial charge in [-0.2, -0.15) is 4.58 Å². The quantitative estimate of drug-likeness (QED) is 0.414. The van der Waals surface area contributed by atoms with Crippen LogP contribution >= 0.6 is 11.3 Å². The van der Waals surface area contributed by atoms with Gasteiger partial charge in [0.2, 0.25) is 0 Å². The number of amides is 1. The van der Waals surface area contributed by atoms with Crippen LogP contribution in [0.2, 0.25) is 0 Å². The molecule has 3 heterocycles. The summed E-state index contributed by atoms with van der Waals surface area (Å²) in [7, 11) is 0. The summed E-state index contributed by atoms with van der Waals surface area (Å²) < 4.78 is 7.34. The molecule has 24 heavy (non-hydrogen) atoms. The van der Waals surface area contributed by atoms with Crippen LogP contribution in [0, 0.1) is 0 Å². The predicted octanol–water partition coefficient (Wildman–Crippen LogP) is 1.72. The lowest BCUT2D eigenvalue weighted by molar-refractivity contribution is -0.604. The highest BCUT2D eigenvalue weighted by molar-refractivity contribution is 7.12. The summed E-state index contributed by atoms with van der Waals surface area (Å²) in [5.41, 5.74) is 0. The van der Waals surface area contributed by atoms with E-state index < -0.39 is 0 Å². The van der Waals surface area contributed by atoms with Crippen molar-refractivity contribution in [3.05, 3.63) is 22.4 Å². The lowest BCUT2D eigenvalue weighted by atomic mass is 9.99. The van der Waals surface area contributed by atoms with Crippen molar-refractivity contribution in [1.82, 2.24) is 10.6 Å². The molecule has 2 aliphatic rings. The van der Waals surface area contributed by atoms with Crippen molar-refractivity contribution in [2.75, 3.05) is 19.7 Å². The van der Waals surface area contributed by atoms with E-state index in [2.05, 4.69) is 15.2 Å². The van der Waals surface area contributed by atoms with Gasteiger partial charge < -0.3 is 20.5 Å². The molecule has 7 heteroatoms. The first-order chi connectivity index (χ1) is 11.7. The molecular formula is C17H26N3O3S+. The second-order valence-electron chi connectivity index (χ2n) is 6.36. The third kappa shape index (κ3) is 3.89. The number of hydrogen-bond donors (Lipinski definition) is 3. The van der Waals surface area contributed by atoms with Crippen LogP contribution in [-0.2, 0) is 4.74 Å². The van der Waals surface area contributed by atoms with Gasteiger partial charge in [0, 0.05) is 44.8 Å². The Bertz CT molecular complexity index is 572. The van der Waals surface area contributed by atoms with Crippen LogP contribution in [0.5, 0.6) is 0 Å². The van der Waals surface area contributed by atoms with E-state index in [0.717, 1.165) is 37.1 Å². The van der Waals surface area contributed by atoms with Crippen molar-refractivity contribution < 1.29 is 19.2 Å². The number of fused-ring (bicyclic) bond motifs is 2. The lowest BCUT2D eigenvalue weighted by Crippen LogP contribution is -2.48. The summed E-state index contributed by atoms with van der Waals surface area (Å²) in [4.78, 5) is 12.6.